The van der Waals surface area contributed by atoms with E-state index in [0.29, 0.717) is 36.7 Å². The number of aromatic amines is 1. The molecule has 5 aromatic rings. The normalized spacial score (nSPS) is 17.0. The lowest BCUT2D eigenvalue weighted by atomic mass is 9.88. The highest BCUT2D eigenvalue weighted by molar-refractivity contribution is 5.78. The summed E-state index contributed by atoms with van der Waals surface area (Å²) in [7, 11) is 1.61. The molecule has 7 rings (SSSR count). The molecule has 0 bridgehead atoms. The van der Waals surface area contributed by atoms with Gasteiger partial charge in [0, 0.05) is 19.2 Å². The van der Waals surface area contributed by atoms with Crippen molar-refractivity contribution < 1.29 is 31.8 Å². The Balaban J connectivity index is 1.06. The Morgan fingerprint density at radius 3 is 2.64 bits per heavy atom. The van der Waals surface area contributed by atoms with E-state index in [2.05, 4.69) is 25.1 Å². The molecular weight excluding hydrogens is 620 g/mol. The number of alkyl halides is 3. The molecule has 3 aromatic heterocycles. The molecule has 1 unspecified atom stereocenters. The number of imidazole rings is 1. The number of hydrogen-bond donors (Lipinski definition) is 1. The van der Waals surface area contributed by atoms with Gasteiger partial charge in [-0.15, -0.1) is 10.2 Å². The number of methoxy groups -OCH3 is 1. The maximum absolute atomic E-state index is 14.7. The Kier molecular flexibility index (Phi) is 7.98. The van der Waals surface area contributed by atoms with E-state index >= 15 is 0 Å². The van der Waals surface area contributed by atoms with E-state index in [-0.39, 0.29) is 28.6 Å². The van der Waals surface area contributed by atoms with Crippen molar-refractivity contribution in [3.63, 3.8) is 0 Å². The van der Waals surface area contributed by atoms with E-state index in [1.54, 1.807) is 25.4 Å². The molecule has 11 nitrogen and oxygen atoms in total. The van der Waals surface area contributed by atoms with Crippen molar-refractivity contribution in [1.82, 2.24) is 34.6 Å². The highest BCUT2D eigenvalue weighted by Crippen LogP contribution is 2.47. The molecule has 0 aliphatic carbocycles. The number of nitrogens with one attached hydrogen (secondary N) is 1. The molecule has 47 heavy (non-hydrogen) atoms. The molecule has 0 saturated carbocycles. The standard InChI is InChI=1S/C32H28F4N8O3/c1-45-12-11-44-25-16-38-24(29-40-31(42-41-29)32(34,35)36)14-23(25)39-27(44)17-43-9-7-19(8-10-43)20-3-2-4-26-28(20)47-30(46-26)21-6-5-18(15-37)13-22(21)33/h2-6,13-14,16,19,30H,7-12,17H2,1H3,(H,40,41,42). The quantitative estimate of drug-likeness (QED) is 0.210. The second kappa shape index (κ2) is 12.3. The number of rotatable bonds is 8. The van der Waals surface area contributed by atoms with Gasteiger partial charge in [-0.05, 0) is 62.2 Å². The summed E-state index contributed by atoms with van der Waals surface area (Å²) in [6.45, 7) is 3.06. The van der Waals surface area contributed by atoms with Gasteiger partial charge in [-0.2, -0.15) is 18.4 Å². The van der Waals surface area contributed by atoms with Crippen LogP contribution in [-0.2, 0) is 24.0 Å². The van der Waals surface area contributed by atoms with Crippen LogP contribution in [0.3, 0.4) is 0 Å². The van der Waals surface area contributed by atoms with Gasteiger partial charge in [0.05, 0.1) is 47.6 Å². The molecule has 2 aliphatic rings. The maximum atomic E-state index is 14.7. The zero-order chi connectivity index (χ0) is 32.7. The average molecular weight is 649 g/mol. The van der Waals surface area contributed by atoms with Crippen LogP contribution in [0.15, 0.2) is 48.7 Å². The molecule has 15 heteroatoms. The molecule has 1 fully saturated rings. The van der Waals surface area contributed by atoms with Crippen molar-refractivity contribution in [2.24, 2.45) is 0 Å². The van der Waals surface area contributed by atoms with Gasteiger partial charge in [0.1, 0.15) is 17.3 Å². The van der Waals surface area contributed by atoms with Crippen LogP contribution in [0.2, 0.25) is 0 Å². The number of hydrogen-bond acceptors (Lipinski definition) is 9. The third-order valence-electron chi connectivity index (χ3n) is 8.47. The Morgan fingerprint density at radius 2 is 1.91 bits per heavy atom. The number of pyridine rings is 1. The fourth-order valence-electron chi connectivity index (χ4n) is 6.10. The van der Waals surface area contributed by atoms with Gasteiger partial charge in [0.15, 0.2) is 17.3 Å². The Bertz CT molecular complexity index is 1980. The zero-order valence-corrected chi connectivity index (χ0v) is 25.1. The summed E-state index contributed by atoms with van der Waals surface area (Å²) in [6, 6.07) is 13.5. The van der Waals surface area contributed by atoms with E-state index in [4.69, 9.17) is 24.5 Å². The molecular formula is C32H28F4N8O3. The van der Waals surface area contributed by atoms with Crippen molar-refractivity contribution in [2.45, 2.75) is 44.3 Å². The molecule has 0 spiro atoms. The van der Waals surface area contributed by atoms with E-state index in [1.807, 2.05) is 22.8 Å². The zero-order valence-electron chi connectivity index (χ0n) is 25.1. The van der Waals surface area contributed by atoms with Crippen molar-refractivity contribution in [2.75, 3.05) is 26.8 Å². The molecule has 1 saturated heterocycles. The van der Waals surface area contributed by atoms with Crippen molar-refractivity contribution >= 4 is 11.0 Å². The fraction of sp³-hybridized carbons (Fsp3) is 0.344. The minimum Gasteiger partial charge on any atom is -0.447 e. The maximum Gasteiger partial charge on any atom is 0.451 e. The van der Waals surface area contributed by atoms with Crippen molar-refractivity contribution in [1.29, 1.82) is 5.26 Å². The van der Waals surface area contributed by atoms with Crippen LogP contribution in [0.25, 0.3) is 22.6 Å². The van der Waals surface area contributed by atoms with Gasteiger partial charge >= 0.3 is 6.18 Å². The molecule has 0 radical (unpaired) electrons. The van der Waals surface area contributed by atoms with Gasteiger partial charge in [0.2, 0.25) is 5.82 Å². The molecule has 0 amide bonds. The number of benzene rings is 2. The Morgan fingerprint density at radius 1 is 1.09 bits per heavy atom. The SMILES string of the molecule is COCCn1c(CN2CCC(c3cccc4c3OC(c3ccc(C#N)cc3F)O4)CC2)nc2cc(-c3nnc(C(F)(F)F)[nH]3)ncc21. The minimum atomic E-state index is -4.65. The van der Waals surface area contributed by atoms with Gasteiger partial charge in [-0.25, -0.2) is 9.37 Å². The smallest absolute Gasteiger partial charge is 0.447 e. The monoisotopic (exact) mass is 648 g/mol. The Hall–Kier alpha value is -5.07. The van der Waals surface area contributed by atoms with Crippen LogP contribution in [0.5, 0.6) is 11.5 Å². The highest BCUT2D eigenvalue weighted by atomic mass is 19.4. The van der Waals surface area contributed by atoms with Crippen LogP contribution in [-0.4, -0.2) is 61.4 Å². The predicted octanol–water partition coefficient (Wildman–Crippen LogP) is 5.74. The van der Waals surface area contributed by atoms with Crippen LogP contribution >= 0.6 is 0 Å². The highest BCUT2D eigenvalue weighted by Gasteiger charge is 2.36. The summed E-state index contributed by atoms with van der Waals surface area (Å²) in [5.41, 5.74) is 2.97. The van der Waals surface area contributed by atoms with Gasteiger partial charge < -0.3 is 23.8 Å². The second-order valence-corrected chi connectivity index (χ2v) is 11.4. The minimum absolute atomic E-state index is 0.0931. The lowest BCUT2D eigenvalue weighted by Crippen LogP contribution is -2.33. The summed E-state index contributed by atoms with van der Waals surface area (Å²) >= 11 is 0. The second-order valence-electron chi connectivity index (χ2n) is 11.4. The first-order chi connectivity index (χ1) is 22.7. The number of aromatic nitrogens is 6. The van der Waals surface area contributed by atoms with E-state index in [0.717, 1.165) is 42.8 Å². The van der Waals surface area contributed by atoms with Gasteiger partial charge in [0.25, 0.3) is 6.29 Å². The van der Waals surface area contributed by atoms with Crippen LogP contribution in [0.4, 0.5) is 17.6 Å². The number of nitriles is 1. The third-order valence-corrected chi connectivity index (χ3v) is 8.47. The number of likely N-dealkylation sites (tertiary alicyclic amines) is 1. The third kappa shape index (κ3) is 5.97. The summed E-state index contributed by atoms with van der Waals surface area (Å²) < 4.78 is 73.3. The molecule has 242 valence electrons. The molecule has 2 aliphatic heterocycles. The molecule has 1 atom stereocenters. The molecule has 5 heterocycles. The van der Waals surface area contributed by atoms with E-state index < -0.39 is 24.1 Å². The number of piperidine rings is 1. The van der Waals surface area contributed by atoms with Crippen molar-refractivity contribution in [3.8, 4) is 29.1 Å². The summed E-state index contributed by atoms with van der Waals surface area (Å²) in [5.74, 6) is 0.295. The molecule has 2 aromatic carbocycles. The lowest BCUT2D eigenvalue weighted by Gasteiger charge is -2.32. The van der Waals surface area contributed by atoms with Crippen LogP contribution in [0.1, 0.15) is 53.4 Å². The van der Waals surface area contributed by atoms with Crippen LogP contribution < -0.4 is 9.47 Å². The first-order valence-corrected chi connectivity index (χ1v) is 14.9. The Labute approximate surface area is 265 Å². The van der Waals surface area contributed by atoms with E-state index in [1.165, 1.54) is 18.2 Å². The number of H-pyrrole nitrogens is 1. The first-order valence-electron chi connectivity index (χ1n) is 14.9. The fourth-order valence-corrected chi connectivity index (χ4v) is 6.10. The van der Waals surface area contributed by atoms with Gasteiger partial charge in [-0.3, -0.25) is 9.88 Å². The largest absolute Gasteiger partial charge is 0.451 e. The van der Waals surface area contributed by atoms with E-state index in [9.17, 15) is 17.6 Å². The summed E-state index contributed by atoms with van der Waals surface area (Å²) in [5, 5.41) is 15.9. The van der Waals surface area contributed by atoms with Crippen molar-refractivity contribution in [3.05, 3.63) is 82.8 Å². The average Bonchev–Trinajstić information content (AvgIpc) is 3.81. The lowest BCUT2D eigenvalue weighted by molar-refractivity contribution is -0.144. The molecule has 1 N–H and O–H groups in total. The number of para-hydroxylation sites is 1. The number of nitrogens with zero attached hydrogens (tertiary/aromatic N) is 7. The summed E-state index contributed by atoms with van der Waals surface area (Å²) in [4.78, 5) is 13.7. The van der Waals surface area contributed by atoms with Gasteiger partial charge in [-0.1, -0.05) is 12.1 Å². The number of fused-ring (bicyclic) bond motifs is 2. The first kappa shape index (κ1) is 30.6. The summed E-state index contributed by atoms with van der Waals surface area (Å²) in [6.07, 6.45) is -2.33. The number of ether oxygens (including phenoxy) is 3. The number of halogens is 4. The van der Waals surface area contributed by atoms with Crippen LogP contribution in [0, 0.1) is 17.1 Å². The topological polar surface area (TPSA) is 127 Å². The predicted molar refractivity (Wildman–Crippen MR) is 159 cm³/mol.